The van der Waals surface area contributed by atoms with E-state index in [2.05, 4.69) is 79.7 Å². The van der Waals surface area contributed by atoms with Gasteiger partial charge in [0.15, 0.2) is 5.78 Å². The van der Waals surface area contributed by atoms with Crippen molar-refractivity contribution in [1.29, 1.82) is 0 Å². The average Bonchev–Trinajstić information content (AvgIpc) is 2.78. The Balaban J connectivity index is 2.52. The minimum Gasteiger partial charge on any atom is -0.398 e. The molecular weight excluding hydrogens is 440 g/mol. The van der Waals surface area contributed by atoms with E-state index in [9.17, 15) is 4.79 Å². The summed E-state index contributed by atoms with van der Waals surface area (Å²) in [6.07, 6.45) is 4.07. The largest absolute Gasteiger partial charge is 0.398 e. The van der Waals surface area contributed by atoms with Crippen molar-refractivity contribution in [2.45, 2.75) is 92.9 Å². The molecule has 2 aromatic carbocycles. The summed E-state index contributed by atoms with van der Waals surface area (Å²) in [6, 6.07) is 8.99. The molecule has 0 fully saturated rings. The third-order valence-electron chi connectivity index (χ3n) is 7.30. The van der Waals surface area contributed by atoms with Gasteiger partial charge in [-0.05, 0) is 130 Å². The van der Waals surface area contributed by atoms with Gasteiger partial charge >= 0.3 is 0 Å². The van der Waals surface area contributed by atoms with Gasteiger partial charge in [-0.3, -0.25) is 4.79 Å². The third-order valence-corrected chi connectivity index (χ3v) is 7.30. The molecule has 3 rings (SSSR count). The smallest absolute Gasteiger partial charge is 0.184 e. The van der Waals surface area contributed by atoms with Crippen molar-refractivity contribution >= 4 is 22.7 Å². The zero-order valence-corrected chi connectivity index (χ0v) is 23.8. The number of Topliss-reactive ketones (excluding diaryl/α,β-unsaturated/α-hetero) is 1. The van der Waals surface area contributed by atoms with E-state index in [4.69, 9.17) is 11.5 Å². The number of rotatable bonds is 6. The number of carbonyl (C=O) groups is 1. The van der Waals surface area contributed by atoms with E-state index < -0.39 is 0 Å². The van der Waals surface area contributed by atoms with Crippen LogP contribution in [0.5, 0.6) is 0 Å². The molecule has 0 unspecified atom stereocenters. The lowest BCUT2D eigenvalue weighted by atomic mass is 9.81. The third kappa shape index (κ3) is 5.21. The minimum absolute atomic E-state index is 0.101. The number of hydrogen-bond acceptors (Lipinski definition) is 3. The Hall–Kier alpha value is -3.07. The van der Waals surface area contributed by atoms with Gasteiger partial charge in [-0.1, -0.05) is 55.4 Å². The summed E-state index contributed by atoms with van der Waals surface area (Å²) < 4.78 is 0. The first kappa shape index (κ1) is 27.5. The van der Waals surface area contributed by atoms with Crippen LogP contribution in [0.15, 0.2) is 53.1 Å². The van der Waals surface area contributed by atoms with Gasteiger partial charge in [0.1, 0.15) is 0 Å². The van der Waals surface area contributed by atoms with Gasteiger partial charge in [-0.2, -0.15) is 0 Å². The summed E-state index contributed by atoms with van der Waals surface area (Å²) in [7, 11) is 0. The highest BCUT2D eigenvalue weighted by Gasteiger charge is 2.23. The topological polar surface area (TPSA) is 69.1 Å². The Morgan fingerprint density at radius 1 is 0.583 bits per heavy atom. The highest BCUT2D eigenvalue weighted by Crippen LogP contribution is 2.41. The lowest BCUT2D eigenvalue weighted by Crippen LogP contribution is -2.10. The molecule has 0 amide bonds. The highest BCUT2D eigenvalue weighted by molar-refractivity contribution is 6.10. The van der Waals surface area contributed by atoms with Gasteiger partial charge < -0.3 is 11.5 Å². The molecule has 0 aromatic heterocycles. The summed E-state index contributed by atoms with van der Waals surface area (Å²) in [6.45, 7) is 21.3. The van der Waals surface area contributed by atoms with Crippen LogP contribution in [0, 0.1) is 0 Å². The maximum absolute atomic E-state index is 12.6. The van der Waals surface area contributed by atoms with Crippen molar-refractivity contribution in [3.05, 3.63) is 86.5 Å². The van der Waals surface area contributed by atoms with Crippen LogP contribution in [-0.4, -0.2) is 5.78 Å². The summed E-state index contributed by atoms with van der Waals surface area (Å²) in [5, 5.41) is 0. The average molecular weight is 485 g/mol. The molecule has 1 aliphatic rings. The van der Waals surface area contributed by atoms with Crippen LogP contribution in [0.2, 0.25) is 0 Å². The number of carbonyl (C=O) groups excluding carboxylic acids is 1. The second-order valence-corrected chi connectivity index (χ2v) is 11.6. The minimum atomic E-state index is 0.101. The van der Waals surface area contributed by atoms with Crippen LogP contribution in [0.25, 0.3) is 5.57 Å². The van der Waals surface area contributed by atoms with Gasteiger partial charge in [0, 0.05) is 11.4 Å². The Bertz CT molecular complexity index is 1130. The fraction of sp³-hybridized carbons (Fsp3) is 0.424. The zero-order chi connectivity index (χ0) is 27.1. The number of anilines is 2. The normalized spacial score (nSPS) is 14.3. The first-order chi connectivity index (χ1) is 16.7. The maximum atomic E-state index is 12.6. The summed E-state index contributed by atoms with van der Waals surface area (Å²) in [5.74, 6) is 1.27. The van der Waals surface area contributed by atoms with Gasteiger partial charge in [0.25, 0.3) is 0 Å². The summed E-state index contributed by atoms with van der Waals surface area (Å²) in [4.78, 5) is 12.6. The van der Waals surface area contributed by atoms with E-state index >= 15 is 0 Å². The molecule has 3 nitrogen and oxygen atoms in total. The van der Waals surface area contributed by atoms with Crippen molar-refractivity contribution in [1.82, 2.24) is 0 Å². The van der Waals surface area contributed by atoms with E-state index in [0.717, 1.165) is 67.0 Å². The van der Waals surface area contributed by atoms with E-state index in [0.29, 0.717) is 23.7 Å². The van der Waals surface area contributed by atoms with E-state index in [1.54, 1.807) is 0 Å². The Kier molecular flexibility index (Phi) is 8.03. The van der Waals surface area contributed by atoms with Crippen LogP contribution >= 0.6 is 0 Å². The van der Waals surface area contributed by atoms with Crippen LogP contribution < -0.4 is 11.5 Å². The molecule has 1 aliphatic carbocycles. The number of nitrogens with two attached hydrogens (primary N) is 2. The Morgan fingerprint density at radius 2 is 0.861 bits per heavy atom. The quantitative estimate of drug-likeness (QED) is 0.403. The maximum Gasteiger partial charge on any atom is 0.184 e. The van der Waals surface area contributed by atoms with Crippen molar-refractivity contribution in [2.75, 3.05) is 11.5 Å². The zero-order valence-electron chi connectivity index (χ0n) is 23.8. The SMILES string of the molecule is CC1=CC(=C(c2cc(C(C)C)c(N)c(C(C)C)c2)c2cc(C(C)C)c(N)c(C(C)C)c2)C=C(C)C1=O. The molecule has 3 heteroatoms. The molecular formula is C33H44N2O. The Labute approximate surface area is 218 Å². The number of hydrogen-bond donors (Lipinski definition) is 2. The van der Waals surface area contributed by atoms with Crippen molar-refractivity contribution < 1.29 is 4.79 Å². The monoisotopic (exact) mass is 484 g/mol. The van der Waals surface area contributed by atoms with E-state index in [1.165, 1.54) is 0 Å². The van der Waals surface area contributed by atoms with Crippen molar-refractivity contribution in [3.63, 3.8) is 0 Å². The number of benzene rings is 2. The molecule has 0 spiro atoms. The standard InChI is InChI=1S/C33H44N2O/c1-17(2)26-13-24(14-27(18(3)4)31(26)34)30(23-11-21(9)33(36)22(10)12-23)25-15-28(19(5)6)32(35)29(16-25)20(7)8/h11-20H,34-35H2,1-10H3. The molecule has 0 atom stereocenters. The van der Waals surface area contributed by atoms with Crippen LogP contribution in [-0.2, 0) is 4.79 Å². The second-order valence-electron chi connectivity index (χ2n) is 11.6. The number of allylic oxidation sites excluding steroid dienone is 5. The molecule has 0 heterocycles. The van der Waals surface area contributed by atoms with E-state index in [1.807, 2.05) is 26.0 Å². The van der Waals surface area contributed by atoms with Crippen LogP contribution in [0.4, 0.5) is 11.4 Å². The van der Waals surface area contributed by atoms with Gasteiger partial charge in [0.2, 0.25) is 0 Å². The molecule has 2 aromatic rings. The molecule has 0 aliphatic heterocycles. The molecule has 36 heavy (non-hydrogen) atoms. The predicted octanol–water partition coefficient (Wildman–Crippen LogP) is 8.62. The first-order valence-electron chi connectivity index (χ1n) is 13.3. The summed E-state index contributed by atoms with van der Waals surface area (Å²) >= 11 is 0. The van der Waals surface area contributed by atoms with Crippen molar-refractivity contribution in [2.24, 2.45) is 0 Å². The number of nitrogen functional groups attached to an aromatic ring is 2. The van der Waals surface area contributed by atoms with Crippen molar-refractivity contribution in [3.8, 4) is 0 Å². The molecule has 0 bridgehead atoms. The first-order valence-corrected chi connectivity index (χ1v) is 13.3. The number of ketones is 1. The van der Waals surface area contributed by atoms with Gasteiger partial charge in [0.05, 0.1) is 0 Å². The second kappa shape index (κ2) is 10.5. The van der Waals surface area contributed by atoms with Gasteiger partial charge in [-0.25, -0.2) is 0 Å². The van der Waals surface area contributed by atoms with Gasteiger partial charge in [-0.15, -0.1) is 0 Å². The van der Waals surface area contributed by atoms with Crippen LogP contribution in [0.3, 0.4) is 0 Å². The fourth-order valence-electron chi connectivity index (χ4n) is 5.19. The van der Waals surface area contributed by atoms with Crippen LogP contribution in [0.1, 0.15) is 126 Å². The van der Waals surface area contributed by atoms with E-state index in [-0.39, 0.29) is 5.78 Å². The summed E-state index contributed by atoms with van der Waals surface area (Å²) in [5.41, 5.74) is 25.7. The highest BCUT2D eigenvalue weighted by atomic mass is 16.1. The fourth-order valence-corrected chi connectivity index (χ4v) is 5.19. The molecule has 0 saturated carbocycles. The molecule has 0 radical (unpaired) electrons. The molecule has 4 N–H and O–H groups in total. The molecule has 192 valence electrons. The predicted molar refractivity (Wildman–Crippen MR) is 157 cm³/mol. The lowest BCUT2D eigenvalue weighted by Gasteiger charge is -2.24. The lowest BCUT2D eigenvalue weighted by molar-refractivity contribution is -0.112. The molecule has 0 saturated heterocycles. The Morgan fingerprint density at radius 3 is 1.11 bits per heavy atom.